The van der Waals surface area contributed by atoms with Gasteiger partial charge < -0.3 is 5.32 Å². The molecule has 1 N–H and O–H groups in total. The van der Waals surface area contributed by atoms with E-state index in [1.54, 1.807) is 0 Å². The largest absolute Gasteiger partial charge is 0.313 e. The zero-order chi connectivity index (χ0) is 10.2. The number of rotatable bonds is 6. The molecule has 0 aliphatic carbocycles. The van der Waals surface area contributed by atoms with E-state index in [0.717, 1.165) is 13.1 Å². The first-order valence-corrected chi connectivity index (χ1v) is 5.29. The lowest BCUT2D eigenvalue weighted by Crippen LogP contribution is -2.14. The average molecular weight is 189 g/mol. The van der Waals surface area contributed by atoms with E-state index < -0.39 is 0 Å². The molecule has 0 spiro atoms. The van der Waals surface area contributed by atoms with Crippen molar-refractivity contribution >= 4 is 6.08 Å². The van der Waals surface area contributed by atoms with Crippen LogP contribution in [0.2, 0.25) is 0 Å². The highest BCUT2D eigenvalue weighted by molar-refractivity contribution is 5.51. The quantitative estimate of drug-likeness (QED) is 0.677. The van der Waals surface area contributed by atoms with E-state index in [4.69, 9.17) is 0 Å². The van der Waals surface area contributed by atoms with Crippen LogP contribution in [-0.2, 0) is 6.54 Å². The van der Waals surface area contributed by atoms with Gasteiger partial charge in [0, 0.05) is 6.54 Å². The molecule has 0 bridgehead atoms. The van der Waals surface area contributed by atoms with Gasteiger partial charge in [-0.05, 0) is 24.1 Å². The lowest BCUT2D eigenvalue weighted by molar-refractivity contribution is 0.641. The molecular formula is C13H19N. The third-order valence-corrected chi connectivity index (χ3v) is 2.30. The smallest absolute Gasteiger partial charge is 0.0211 e. The maximum Gasteiger partial charge on any atom is 0.0211 e. The molecule has 0 amide bonds. The number of nitrogens with one attached hydrogen (secondary N) is 1. The van der Waals surface area contributed by atoms with Crippen LogP contribution in [0.4, 0.5) is 0 Å². The van der Waals surface area contributed by atoms with E-state index >= 15 is 0 Å². The van der Waals surface area contributed by atoms with Crippen LogP contribution in [-0.4, -0.2) is 6.54 Å². The molecular weight excluding hydrogens is 170 g/mol. The topological polar surface area (TPSA) is 12.0 Å². The summed E-state index contributed by atoms with van der Waals surface area (Å²) >= 11 is 0. The second-order valence-electron chi connectivity index (χ2n) is 3.43. The Balaban J connectivity index is 2.45. The SMILES string of the molecule is C=Cc1ccccc1CNCCCC. The van der Waals surface area contributed by atoms with Gasteiger partial charge in [-0.3, -0.25) is 0 Å². The molecule has 0 aliphatic heterocycles. The molecule has 1 rings (SSSR count). The van der Waals surface area contributed by atoms with Crippen LogP contribution in [0.25, 0.3) is 6.08 Å². The highest BCUT2D eigenvalue weighted by Crippen LogP contribution is 2.09. The minimum atomic E-state index is 0.947. The van der Waals surface area contributed by atoms with Crippen molar-refractivity contribution in [1.82, 2.24) is 5.32 Å². The minimum Gasteiger partial charge on any atom is -0.313 e. The van der Waals surface area contributed by atoms with Crippen LogP contribution in [0.3, 0.4) is 0 Å². The Morgan fingerprint density at radius 2 is 2.14 bits per heavy atom. The van der Waals surface area contributed by atoms with E-state index in [-0.39, 0.29) is 0 Å². The molecule has 0 aliphatic rings. The first-order valence-electron chi connectivity index (χ1n) is 5.29. The van der Waals surface area contributed by atoms with Gasteiger partial charge in [-0.2, -0.15) is 0 Å². The molecule has 0 atom stereocenters. The van der Waals surface area contributed by atoms with Crippen molar-refractivity contribution in [3.8, 4) is 0 Å². The summed E-state index contributed by atoms with van der Waals surface area (Å²) in [7, 11) is 0. The summed E-state index contributed by atoms with van der Waals surface area (Å²) in [5, 5.41) is 3.43. The van der Waals surface area contributed by atoms with Gasteiger partial charge >= 0.3 is 0 Å². The summed E-state index contributed by atoms with van der Waals surface area (Å²) < 4.78 is 0. The van der Waals surface area contributed by atoms with Gasteiger partial charge in [0.1, 0.15) is 0 Å². The van der Waals surface area contributed by atoms with E-state index in [1.165, 1.54) is 24.0 Å². The van der Waals surface area contributed by atoms with Crippen LogP contribution in [0, 0.1) is 0 Å². The van der Waals surface area contributed by atoms with Crippen LogP contribution in [0.1, 0.15) is 30.9 Å². The molecule has 0 saturated carbocycles. The summed E-state index contributed by atoms with van der Waals surface area (Å²) in [6.45, 7) is 8.06. The van der Waals surface area contributed by atoms with Crippen LogP contribution >= 0.6 is 0 Å². The molecule has 0 heterocycles. The maximum absolute atomic E-state index is 3.81. The van der Waals surface area contributed by atoms with Gasteiger partial charge in [0.25, 0.3) is 0 Å². The molecule has 14 heavy (non-hydrogen) atoms. The summed E-state index contributed by atoms with van der Waals surface area (Å²) in [6.07, 6.45) is 4.41. The highest BCUT2D eigenvalue weighted by atomic mass is 14.8. The van der Waals surface area contributed by atoms with Crippen LogP contribution in [0.5, 0.6) is 0 Å². The first kappa shape index (κ1) is 11.0. The Morgan fingerprint density at radius 1 is 1.36 bits per heavy atom. The number of hydrogen-bond acceptors (Lipinski definition) is 1. The lowest BCUT2D eigenvalue weighted by Gasteiger charge is -2.06. The zero-order valence-electron chi connectivity index (χ0n) is 8.92. The summed E-state index contributed by atoms with van der Waals surface area (Å²) in [6, 6.07) is 8.37. The van der Waals surface area contributed by atoms with E-state index in [1.807, 2.05) is 12.1 Å². The van der Waals surface area contributed by atoms with Gasteiger partial charge in [-0.15, -0.1) is 0 Å². The molecule has 76 valence electrons. The number of benzene rings is 1. The minimum absolute atomic E-state index is 0.947. The Kier molecular flexibility index (Phi) is 5.02. The summed E-state index contributed by atoms with van der Waals surface area (Å²) in [5.41, 5.74) is 2.56. The van der Waals surface area contributed by atoms with E-state index in [2.05, 4.69) is 37.0 Å². The lowest BCUT2D eigenvalue weighted by atomic mass is 10.1. The molecule has 0 radical (unpaired) electrons. The Hall–Kier alpha value is -1.08. The fourth-order valence-electron chi connectivity index (χ4n) is 1.42. The van der Waals surface area contributed by atoms with Crippen molar-refractivity contribution in [3.05, 3.63) is 42.0 Å². The molecule has 0 fully saturated rings. The normalized spacial score (nSPS) is 10.1. The maximum atomic E-state index is 3.81. The highest BCUT2D eigenvalue weighted by Gasteiger charge is 1.96. The third-order valence-electron chi connectivity index (χ3n) is 2.30. The van der Waals surface area contributed by atoms with Crippen molar-refractivity contribution in [1.29, 1.82) is 0 Å². The van der Waals surface area contributed by atoms with Crippen LogP contribution in [0.15, 0.2) is 30.8 Å². The third kappa shape index (κ3) is 3.35. The summed E-state index contributed by atoms with van der Waals surface area (Å²) in [4.78, 5) is 0. The van der Waals surface area contributed by atoms with Crippen molar-refractivity contribution in [2.75, 3.05) is 6.54 Å². The van der Waals surface area contributed by atoms with Crippen LogP contribution < -0.4 is 5.32 Å². The van der Waals surface area contributed by atoms with E-state index in [0.29, 0.717) is 0 Å². The molecule has 1 aromatic carbocycles. The second kappa shape index (κ2) is 6.39. The first-order chi connectivity index (χ1) is 6.88. The Labute approximate surface area is 86.8 Å². The van der Waals surface area contributed by atoms with Gasteiger partial charge in [-0.25, -0.2) is 0 Å². The molecule has 0 unspecified atom stereocenters. The zero-order valence-corrected chi connectivity index (χ0v) is 8.92. The monoisotopic (exact) mass is 189 g/mol. The van der Waals surface area contributed by atoms with Crippen molar-refractivity contribution in [3.63, 3.8) is 0 Å². The molecule has 1 aromatic rings. The van der Waals surface area contributed by atoms with Gasteiger partial charge in [-0.1, -0.05) is 50.3 Å². The molecule has 1 nitrogen and oxygen atoms in total. The predicted octanol–water partition coefficient (Wildman–Crippen LogP) is 3.22. The predicted molar refractivity (Wildman–Crippen MR) is 63.1 cm³/mol. The Bertz CT molecular complexity index is 278. The Morgan fingerprint density at radius 3 is 2.86 bits per heavy atom. The number of unbranched alkanes of at least 4 members (excludes halogenated alkanes) is 1. The standard InChI is InChI=1S/C13H19N/c1-3-5-10-14-11-13-9-7-6-8-12(13)4-2/h4,6-9,14H,2-3,5,10-11H2,1H3. The van der Waals surface area contributed by atoms with Gasteiger partial charge in [0.2, 0.25) is 0 Å². The van der Waals surface area contributed by atoms with Crippen molar-refractivity contribution < 1.29 is 0 Å². The molecule has 1 heteroatoms. The fraction of sp³-hybridized carbons (Fsp3) is 0.385. The van der Waals surface area contributed by atoms with Gasteiger partial charge in [0.05, 0.1) is 0 Å². The summed E-state index contributed by atoms with van der Waals surface area (Å²) in [5.74, 6) is 0. The van der Waals surface area contributed by atoms with Crippen molar-refractivity contribution in [2.24, 2.45) is 0 Å². The average Bonchev–Trinajstić information content (AvgIpc) is 2.25. The van der Waals surface area contributed by atoms with Gasteiger partial charge in [0.15, 0.2) is 0 Å². The van der Waals surface area contributed by atoms with Crippen molar-refractivity contribution in [2.45, 2.75) is 26.3 Å². The van der Waals surface area contributed by atoms with E-state index in [9.17, 15) is 0 Å². The fourth-order valence-corrected chi connectivity index (χ4v) is 1.42. The molecule has 0 saturated heterocycles. The number of hydrogen-bond donors (Lipinski definition) is 1. The molecule has 0 aromatic heterocycles. The second-order valence-corrected chi connectivity index (χ2v) is 3.43.